The zero-order valence-corrected chi connectivity index (χ0v) is 16.8. The molecule has 0 radical (unpaired) electrons. The number of carbonyl (C=O) groups excluding carboxylic acids is 1. The highest BCUT2D eigenvalue weighted by molar-refractivity contribution is 5.76. The van der Waals surface area contributed by atoms with Crippen LogP contribution in [0.25, 0.3) is 0 Å². The summed E-state index contributed by atoms with van der Waals surface area (Å²) in [6.45, 7) is 4.06. The van der Waals surface area contributed by atoms with Gasteiger partial charge in [0.1, 0.15) is 0 Å². The number of fused-ring (bicyclic) bond motifs is 2. The fourth-order valence-electron chi connectivity index (χ4n) is 5.48. The number of piperidine rings is 2. The SMILES string of the molecule is CN(Cc1ccccc1)CC1CCN(C(=O)CC2CC3CCC(C2)N3)CC1. The Morgan fingerprint density at radius 1 is 1.04 bits per heavy atom. The predicted octanol–water partition coefficient (Wildman–Crippen LogP) is 3.28. The highest BCUT2D eigenvalue weighted by Gasteiger charge is 2.35. The van der Waals surface area contributed by atoms with Gasteiger partial charge in [0.2, 0.25) is 5.91 Å². The van der Waals surface area contributed by atoms with Gasteiger partial charge in [-0.2, -0.15) is 0 Å². The van der Waals surface area contributed by atoms with E-state index in [0.29, 0.717) is 23.9 Å². The third-order valence-corrected chi connectivity index (χ3v) is 6.87. The van der Waals surface area contributed by atoms with E-state index in [0.717, 1.165) is 51.4 Å². The quantitative estimate of drug-likeness (QED) is 0.836. The van der Waals surface area contributed by atoms with Gasteiger partial charge in [-0.25, -0.2) is 0 Å². The second-order valence-corrected chi connectivity index (χ2v) is 9.19. The Morgan fingerprint density at radius 2 is 1.70 bits per heavy atom. The van der Waals surface area contributed by atoms with Crippen LogP contribution in [0, 0.1) is 11.8 Å². The first-order chi connectivity index (χ1) is 13.2. The number of rotatable bonds is 6. The number of nitrogens with one attached hydrogen (secondary N) is 1. The van der Waals surface area contributed by atoms with Crippen LogP contribution in [0.5, 0.6) is 0 Å². The normalized spacial score (nSPS) is 28.7. The molecule has 4 rings (SSSR count). The van der Waals surface area contributed by atoms with Crippen molar-refractivity contribution in [1.29, 1.82) is 0 Å². The molecular formula is C23H35N3O. The number of hydrogen-bond acceptors (Lipinski definition) is 3. The second-order valence-electron chi connectivity index (χ2n) is 9.19. The minimum absolute atomic E-state index is 0.414. The van der Waals surface area contributed by atoms with Crippen molar-refractivity contribution in [2.24, 2.45) is 11.8 Å². The number of amides is 1. The van der Waals surface area contributed by atoms with E-state index < -0.39 is 0 Å². The standard InChI is InChI=1S/C23H35N3O/c1-25(16-18-5-3-2-4-6-18)17-19-9-11-26(12-10-19)23(27)15-20-13-21-7-8-22(14-20)24-21/h2-6,19-22,24H,7-17H2,1H3. The van der Waals surface area contributed by atoms with Gasteiger partial charge in [0, 0.05) is 44.7 Å². The molecule has 3 saturated heterocycles. The Labute approximate surface area is 164 Å². The maximum atomic E-state index is 12.8. The summed E-state index contributed by atoms with van der Waals surface area (Å²) in [4.78, 5) is 17.3. The maximum Gasteiger partial charge on any atom is 0.222 e. The van der Waals surface area contributed by atoms with Crippen molar-refractivity contribution >= 4 is 5.91 Å². The molecule has 3 aliphatic heterocycles. The molecule has 27 heavy (non-hydrogen) atoms. The van der Waals surface area contributed by atoms with Crippen molar-refractivity contribution < 1.29 is 4.79 Å². The van der Waals surface area contributed by atoms with Crippen molar-refractivity contribution in [2.45, 2.75) is 63.6 Å². The molecule has 148 valence electrons. The predicted molar refractivity (Wildman–Crippen MR) is 109 cm³/mol. The largest absolute Gasteiger partial charge is 0.343 e. The number of carbonyl (C=O) groups is 1. The number of nitrogens with zero attached hydrogens (tertiary/aromatic N) is 2. The van der Waals surface area contributed by atoms with E-state index in [9.17, 15) is 4.79 Å². The molecule has 3 aliphatic rings. The van der Waals surface area contributed by atoms with Gasteiger partial charge in [0.05, 0.1) is 0 Å². The van der Waals surface area contributed by atoms with Gasteiger partial charge in [0.15, 0.2) is 0 Å². The lowest BCUT2D eigenvalue weighted by Crippen LogP contribution is -2.43. The van der Waals surface area contributed by atoms with E-state index in [1.165, 1.54) is 31.2 Å². The van der Waals surface area contributed by atoms with Gasteiger partial charge in [-0.05, 0) is 63.0 Å². The molecule has 0 aromatic heterocycles. The van der Waals surface area contributed by atoms with Gasteiger partial charge < -0.3 is 15.1 Å². The summed E-state index contributed by atoms with van der Waals surface area (Å²) >= 11 is 0. The molecule has 4 nitrogen and oxygen atoms in total. The van der Waals surface area contributed by atoms with Crippen LogP contribution in [0.3, 0.4) is 0 Å². The van der Waals surface area contributed by atoms with Crippen LogP contribution in [0.4, 0.5) is 0 Å². The average Bonchev–Trinajstić information content (AvgIpc) is 3.01. The van der Waals surface area contributed by atoms with E-state index in [4.69, 9.17) is 0 Å². The average molecular weight is 370 g/mol. The summed E-state index contributed by atoms with van der Waals surface area (Å²) in [6.07, 6.45) is 8.15. The maximum absolute atomic E-state index is 12.8. The molecule has 1 N–H and O–H groups in total. The lowest BCUT2D eigenvalue weighted by Gasteiger charge is -2.35. The van der Waals surface area contributed by atoms with Crippen LogP contribution >= 0.6 is 0 Å². The van der Waals surface area contributed by atoms with Crippen molar-refractivity contribution in [1.82, 2.24) is 15.1 Å². The summed E-state index contributed by atoms with van der Waals surface area (Å²) < 4.78 is 0. The molecular weight excluding hydrogens is 334 g/mol. The molecule has 1 aromatic rings. The Balaban J connectivity index is 1.18. The Hall–Kier alpha value is -1.39. The summed E-state index contributed by atoms with van der Waals surface area (Å²) in [6, 6.07) is 12.1. The molecule has 0 spiro atoms. The molecule has 2 bridgehead atoms. The molecule has 3 heterocycles. The highest BCUT2D eigenvalue weighted by atomic mass is 16.2. The zero-order chi connectivity index (χ0) is 18.6. The topological polar surface area (TPSA) is 35.6 Å². The van der Waals surface area contributed by atoms with Crippen LogP contribution in [0.15, 0.2) is 30.3 Å². The molecule has 1 aromatic carbocycles. The molecule has 2 atom stereocenters. The molecule has 2 unspecified atom stereocenters. The smallest absolute Gasteiger partial charge is 0.222 e. The minimum Gasteiger partial charge on any atom is -0.343 e. The van der Waals surface area contributed by atoms with Gasteiger partial charge in [0.25, 0.3) is 0 Å². The lowest BCUT2D eigenvalue weighted by atomic mass is 9.88. The number of likely N-dealkylation sites (tertiary alicyclic amines) is 1. The Bertz CT molecular complexity index is 599. The Kier molecular flexibility index (Phi) is 6.14. The van der Waals surface area contributed by atoms with E-state index >= 15 is 0 Å². The first kappa shape index (κ1) is 18.9. The van der Waals surface area contributed by atoms with Crippen LogP contribution in [-0.4, -0.2) is 54.5 Å². The van der Waals surface area contributed by atoms with E-state index in [-0.39, 0.29) is 0 Å². The molecule has 0 saturated carbocycles. The van der Waals surface area contributed by atoms with Crippen LogP contribution in [0.1, 0.15) is 50.5 Å². The van der Waals surface area contributed by atoms with E-state index in [1.807, 2.05) is 0 Å². The van der Waals surface area contributed by atoms with Gasteiger partial charge >= 0.3 is 0 Å². The van der Waals surface area contributed by atoms with Crippen molar-refractivity contribution in [3.8, 4) is 0 Å². The van der Waals surface area contributed by atoms with Crippen molar-refractivity contribution in [3.63, 3.8) is 0 Å². The summed E-state index contributed by atoms with van der Waals surface area (Å²) in [5.74, 6) is 1.75. The van der Waals surface area contributed by atoms with Crippen LogP contribution < -0.4 is 5.32 Å². The van der Waals surface area contributed by atoms with Gasteiger partial charge in [-0.15, -0.1) is 0 Å². The van der Waals surface area contributed by atoms with Crippen molar-refractivity contribution in [3.05, 3.63) is 35.9 Å². The summed E-state index contributed by atoms with van der Waals surface area (Å²) in [5.41, 5.74) is 1.38. The minimum atomic E-state index is 0.414. The molecule has 0 aliphatic carbocycles. The second kappa shape index (κ2) is 8.74. The third-order valence-electron chi connectivity index (χ3n) is 6.87. The molecule has 1 amide bonds. The monoisotopic (exact) mass is 369 g/mol. The summed E-state index contributed by atoms with van der Waals surface area (Å²) in [7, 11) is 2.22. The molecule has 3 fully saturated rings. The third kappa shape index (κ3) is 5.11. The van der Waals surface area contributed by atoms with Crippen LogP contribution in [0.2, 0.25) is 0 Å². The Morgan fingerprint density at radius 3 is 2.37 bits per heavy atom. The lowest BCUT2D eigenvalue weighted by molar-refractivity contribution is -0.134. The number of hydrogen-bond donors (Lipinski definition) is 1. The highest BCUT2D eigenvalue weighted by Crippen LogP contribution is 2.33. The van der Waals surface area contributed by atoms with Crippen molar-refractivity contribution in [2.75, 3.05) is 26.7 Å². The zero-order valence-electron chi connectivity index (χ0n) is 16.8. The fourth-order valence-corrected chi connectivity index (χ4v) is 5.48. The van der Waals surface area contributed by atoms with E-state index in [2.05, 4.69) is 52.5 Å². The fraction of sp³-hybridized carbons (Fsp3) is 0.696. The van der Waals surface area contributed by atoms with Gasteiger partial charge in [-0.3, -0.25) is 4.79 Å². The first-order valence-corrected chi connectivity index (χ1v) is 10.9. The van der Waals surface area contributed by atoms with E-state index in [1.54, 1.807) is 0 Å². The van der Waals surface area contributed by atoms with Gasteiger partial charge in [-0.1, -0.05) is 30.3 Å². The summed E-state index contributed by atoms with van der Waals surface area (Å²) in [5, 5.41) is 3.68. The molecule has 4 heteroatoms. The first-order valence-electron chi connectivity index (χ1n) is 10.9. The van der Waals surface area contributed by atoms with Crippen LogP contribution in [-0.2, 0) is 11.3 Å². The number of benzene rings is 1.